The third kappa shape index (κ3) is 10.9. The minimum atomic E-state index is -0.728. The molecule has 22 nitrogen and oxygen atoms in total. The molecule has 2 aliphatic rings. The van der Waals surface area contributed by atoms with Crippen LogP contribution in [-0.2, 0) is 0 Å². The maximum Gasteiger partial charge on any atom is 0.317 e. The minimum absolute atomic E-state index is 0.101. The third-order valence-corrected chi connectivity index (χ3v) is 8.58. The fourth-order valence-electron chi connectivity index (χ4n) is 5.29. The molecule has 0 aliphatic carbocycles. The molecule has 4 heterocycles. The number of anilines is 4. The molecule has 4 rings (SSSR count). The summed E-state index contributed by atoms with van der Waals surface area (Å²) in [5.41, 5.74) is 33.8. The first kappa shape index (κ1) is 39.2. The number of carbonyl (C=O) groups is 4. The van der Waals surface area contributed by atoms with Crippen LogP contribution in [0.3, 0.4) is 0 Å². The Balaban J connectivity index is 1.06. The fraction of sp³-hybridized carbons (Fsp3) is 0.500. The van der Waals surface area contributed by atoms with E-state index in [0.29, 0.717) is 77.8 Å². The lowest BCUT2D eigenvalue weighted by molar-refractivity contribution is 0.0963. The normalized spacial score (nSPS) is 16.0. The summed E-state index contributed by atoms with van der Waals surface area (Å²) < 4.78 is 0. The zero-order valence-electron chi connectivity index (χ0n) is 28.1. The van der Waals surface area contributed by atoms with Crippen LogP contribution in [-0.4, -0.2) is 117 Å². The summed E-state index contributed by atoms with van der Waals surface area (Å²) >= 11 is 11.6. The van der Waals surface area contributed by atoms with Gasteiger partial charge in [-0.15, -0.1) is 0 Å². The summed E-state index contributed by atoms with van der Waals surface area (Å²) in [5.74, 6) is -2.30. The first-order valence-corrected chi connectivity index (χ1v) is 17.0. The zero-order chi connectivity index (χ0) is 37.9. The molecule has 0 aromatic carbocycles. The van der Waals surface area contributed by atoms with Crippen molar-refractivity contribution in [1.29, 1.82) is 0 Å². The average Bonchev–Trinajstić information content (AvgIpc) is 3.09. The number of nitrogen functional groups attached to an aromatic ring is 4. The number of nitrogens with two attached hydrogens (primary N) is 6. The smallest absolute Gasteiger partial charge is 0.317 e. The second-order valence-electron chi connectivity index (χ2n) is 11.8. The van der Waals surface area contributed by atoms with Gasteiger partial charge >= 0.3 is 12.1 Å². The van der Waals surface area contributed by atoms with E-state index in [1.165, 1.54) is 0 Å². The van der Waals surface area contributed by atoms with E-state index in [0.717, 1.165) is 0 Å². The van der Waals surface area contributed by atoms with E-state index >= 15 is 0 Å². The van der Waals surface area contributed by atoms with E-state index in [1.54, 1.807) is 9.80 Å². The number of aliphatic imine (C=N–C) groups is 2. The van der Waals surface area contributed by atoms with Crippen LogP contribution in [0.4, 0.5) is 32.9 Å². The topological polar surface area (TPSA) is 355 Å². The standard InChI is InChI=1S/C28H42Cl2N18O4/c29-17-21(33)43-19(31)15(41-17)23(49)45-25(35)39-13-3-9-47(10-4-13)27(51)37-7-1-2-8-38-28(52)48-11-5-14(6-12-48)40-26(36)46-24(50)16-20(32)44-22(34)18(30)42-16/h13-14H,1-12H2,(H,37,51)(H,38,52)(H4,31,33,43)(H4,32,34,44)(H3,35,39,45,49)(H3,36,40,46,50). The number of halogens is 2. The molecular formula is C28H42Cl2N18O4. The lowest BCUT2D eigenvalue weighted by Gasteiger charge is -2.30. The number of carbonyl (C=O) groups excluding carboxylic acids is 4. The van der Waals surface area contributed by atoms with E-state index in [9.17, 15) is 19.2 Å². The highest BCUT2D eigenvalue weighted by molar-refractivity contribution is 6.32. The summed E-state index contributed by atoms with van der Waals surface area (Å²) in [6, 6.07) is -0.790. The molecule has 0 saturated carbocycles. The minimum Gasteiger partial charge on any atom is -0.382 e. The lowest BCUT2D eigenvalue weighted by Crippen LogP contribution is -2.47. The Bertz CT molecular complexity index is 1590. The average molecular weight is 766 g/mol. The fourth-order valence-corrected chi connectivity index (χ4v) is 5.54. The first-order chi connectivity index (χ1) is 24.7. The number of likely N-dealkylation sites (tertiary alicyclic amines) is 2. The molecule has 2 aliphatic heterocycles. The predicted octanol–water partition coefficient (Wildman–Crippen LogP) is -1.18. The van der Waals surface area contributed by atoms with E-state index in [4.69, 9.17) is 57.6 Å². The Labute approximate surface area is 307 Å². The molecule has 16 N–H and O–H groups in total. The van der Waals surface area contributed by atoms with Crippen molar-refractivity contribution in [2.45, 2.75) is 50.6 Å². The van der Waals surface area contributed by atoms with E-state index in [1.807, 2.05) is 0 Å². The number of urea groups is 2. The molecule has 6 amide bonds. The van der Waals surface area contributed by atoms with Gasteiger partial charge < -0.3 is 54.8 Å². The van der Waals surface area contributed by atoms with Gasteiger partial charge in [0.15, 0.2) is 56.9 Å². The van der Waals surface area contributed by atoms with Gasteiger partial charge in [0.05, 0.1) is 12.1 Å². The van der Waals surface area contributed by atoms with Gasteiger partial charge in [-0.05, 0) is 38.5 Å². The number of rotatable bonds is 9. The maximum atomic E-state index is 12.6. The number of piperidine rings is 2. The van der Waals surface area contributed by atoms with Gasteiger partial charge in [0, 0.05) is 39.3 Å². The Morgan fingerprint density at radius 1 is 0.615 bits per heavy atom. The van der Waals surface area contributed by atoms with Crippen molar-refractivity contribution in [2.24, 2.45) is 21.5 Å². The van der Waals surface area contributed by atoms with E-state index in [2.05, 4.69) is 51.2 Å². The van der Waals surface area contributed by atoms with Crippen LogP contribution in [0.1, 0.15) is 59.5 Å². The highest BCUT2D eigenvalue weighted by Crippen LogP contribution is 2.19. The number of nitrogens with zero attached hydrogens (tertiary/aromatic N) is 8. The molecule has 0 unspecified atom stereocenters. The largest absolute Gasteiger partial charge is 0.382 e. The SMILES string of the molecule is NC(=NC1CCN(C(=O)NCCCCNC(=O)N2CCC(N=C(N)NC(=O)c3nc(Cl)c(N)nc3N)CC2)CC1)NC(=O)c1nc(Cl)c(N)nc1N. The lowest BCUT2D eigenvalue weighted by atomic mass is 10.1. The molecule has 0 bridgehead atoms. The monoisotopic (exact) mass is 764 g/mol. The second-order valence-corrected chi connectivity index (χ2v) is 12.5. The van der Waals surface area contributed by atoms with Crippen molar-refractivity contribution in [2.75, 3.05) is 62.2 Å². The van der Waals surface area contributed by atoms with Crippen LogP contribution < -0.4 is 55.7 Å². The zero-order valence-corrected chi connectivity index (χ0v) is 29.6. The van der Waals surface area contributed by atoms with Crippen molar-refractivity contribution in [3.63, 3.8) is 0 Å². The van der Waals surface area contributed by atoms with Crippen molar-refractivity contribution >= 4 is 82.3 Å². The summed E-state index contributed by atoms with van der Waals surface area (Å²) in [7, 11) is 0. The number of amides is 6. The van der Waals surface area contributed by atoms with Crippen molar-refractivity contribution in [1.82, 2.24) is 51.0 Å². The number of aromatic nitrogens is 4. The highest BCUT2D eigenvalue weighted by Gasteiger charge is 2.25. The molecule has 0 atom stereocenters. The van der Waals surface area contributed by atoms with E-state index < -0.39 is 11.8 Å². The second kappa shape index (κ2) is 18.0. The Hall–Kier alpha value is -5.64. The van der Waals surface area contributed by atoms with Crippen LogP contribution in [0.15, 0.2) is 9.98 Å². The summed E-state index contributed by atoms with van der Waals surface area (Å²) in [6.45, 7) is 2.70. The van der Waals surface area contributed by atoms with Crippen LogP contribution in [0.5, 0.6) is 0 Å². The maximum absolute atomic E-state index is 12.6. The summed E-state index contributed by atoms with van der Waals surface area (Å²) in [5, 5.41) is 10.3. The van der Waals surface area contributed by atoms with Gasteiger partial charge in [0.1, 0.15) is 0 Å². The van der Waals surface area contributed by atoms with Gasteiger partial charge in [0.25, 0.3) is 11.8 Å². The van der Waals surface area contributed by atoms with Crippen molar-refractivity contribution in [3.8, 4) is 0 Å². The quantitative estimate of drug-likeness (QED) is 0.0816. The molecule has 2 aromatic rings. The first-order valence-electron chi connectivity index (χ1n) is 16.2. The van der Waals surface area contributed by atoms with Crippen molar-refractivity contribution < 1.29 is 19.2 Å². The third-order valence-electron chi connectivity index (χ3n) is 8.03. The van der Waals surface area contributed by atoms with Crippen LogP contribution in [0.25, 0.3) is 0 Å². The van der Waals surface area contributed by atoms with Crippen LogP contribution >= 0.6 is 23.2 Å². The number of hydrogen-bond acceptors (Lipinski definition) is 14. The van der Waals surface area contributed by atoms with Crippen molar-refractivity contribution in [3.05, 3.63) is 21.7 Å². The molecule has 2 fully saturated rings. The highest BCUT2D eigenvalue weighted by atomic mass is 35.5. The number of nitrogens with one attached hydrogen (secondary N) is 4. The van der Waals surface area contributed by atoms with Crippen LogP contribution in [0.2, 0.25) is 10.3 Å². The molecule has 2 aromatic heterocycles. The summed E-state index contributed by atoms with van der Waals surface area (Å²) in [6.07, 6.45) is 3.52. The number of guanidine groups is 2. The van der Waals surface area contributed by atoms with Crippen LogP contribution in [0, 0.1) is 0 Å². The van der Waals surface area contributed by atoms with E-state index in [-0.39, 0.29) is 81.0 Å². The molecule has 2 saturated heterocycles. The molecule has 282 valence electrons. The van der Waals surface area contributed by atoms with Gasteiger partial charge in [-0.2, -0.15) is 0 Å². The molecule has 52 heavy (non-hydrogen) atoms. The molecule has 24 heteroatoms. The molecule has 0 radical (unpaired) electrons. The Morgan fingerprint density at radius 2 is 0.962 bits per heavy atom. The van der Waals surface area contributed by atoms with Gasteiger partial charge in [-0.1, -0.05) is 23.2 Å². The van der Waals surface area contributed by atoms with Gasteiger partial charge in [0.2, 0.25) is 0 Å². The number of hydrogen-bond donors (Lipinski definition) is 10. The number of unbranched alkanes of at least 4 members (excludes halogenated alkanes) is 1. The predicted molar refractivity (Wildman–Crippen MR) is 195 cm³/mol. The Morgan fingerprint density at radius 3 is 1.31 bits per heavy atom. The molecule has 0 spiro atoms. The van der Waals surface area contributed by atoms with Gasteiger partial charge in [-0.25, -0.2) is 39.5 Å². The molecular weight excluding hydrogens is 723 g/mol. The van der Waals surface area contributed by atoms with Gasteiger partial charge in [-0.3, -0.25) is 20.2 Å². The summed E-state index contributed by atoms with van der Waals surface area (Å²) in [4.78, 5) is 77.4. The Kier molecular flexibility index (Phi) is 13.6.